The second-order valence-electron chi connectivity index (χ2n) is 6.56. The van der Waals surface area contributed by atoms with Gasteiger partial charge in [-0.15, -0.1) is 0 Å². The van der Waals surface area contributed by atoms with Crippen molar-refractivity contribution in [1.82, 2.24) is 10.9 Å². The fourth-order valence-corrected chi connectivity index (χ4v) is 2.26. The van der Waals surface area contributed by atoms with Crippen molar-refractivity contribution in [2.45, 2.75) is 33.3 Å². The molecule has 0 radical (unpaired) electrons. The van der Waals surface area contributed by atoms with Crippen LogP contribution in [-0.4, -0.2) is 37.1 Å². The molecule has 1 unspecified atom stereocenters. The van der Waals surface area contributed by atoms with E-state index in [0.717, 1.165) is 12.0 Å². The largest absolute Gasteiger partial charge is 0.484 e. The van der Waals surface area contributed by atoms with E-state index in [1.165, 1.54) is 0 Å². The molecule has 0 aliphatic rings. The van der Waals surface area contributed by atoms with Gasteiger partial charge in [-0.3, -0.25) is 20.4 Å². The molecule has 0 heterocycles. The molecule has 2 N–H and O–H groups in total. The van der Waals surface area contributed by atoms with Crippen molar-refractivity contribution in [2.75, 3.05) is 13.2 Å². The van der Waals surface area contributed by atoms with E-state index in [2.05, 4.69) is 10.9 Å². The summed E-state index contributed by atoms with van der Waals surface area (Å²) >= 11 is 0. The number of nitrogens with one attached hydrogen (secondary N) is 2. The van der Waals surface area contributed by atoms with Gasteiger partial charge in [0.2, 0.25) is 0 Å². The molecule has 2 rings (SSSR count). The summed E-state index contributed by atoms with van der Waals surface area (Å²) in [7, 11) is 0. The quantitative estimate of drug-likeness (QED) is 0.483. The van der Waals surface area contributed by atoms with Crippen molar-refractivity contribution >= 4 is 17.8 Å². The van der Waals surface area contributed by atoms with E-state index >= 15 is 0 Å². The van der Waals surface area contributed by atoms with Crippen LogP contribution in [0.4, 0.5) is 0 Å². The highest BCUT2D eigenvalue weighted by atomic mass is 16.5. The monoisotopic (exact) mass is 414 g/mol. The Balaban J connectivity index is 1.71. The molecule has 0 saturated heterocycles. The molecule has 0 aliphatic heterocycles. The standard InChI is InChI=1S/C22H26N2O6/c1-4-13-28-22(27)17-7-11-18(12-8-17)29-14-20(25)23-24-21(26)16(3)30-19-9-5-15(2)6-10-19/h5-12,16H,4,13-14H2,1-3H3,(H,23,25)(H,24,26). The third-order valence-electron chi connectivity index (χ3n) is 3.93. The molecule has 0 fully saturated rings. The second-order valence-corrected chi connectivity index (χ2v) is 6.56. The number of carbonyl (C=O) groups excluding carboxylic acids is 3. The average Bonchev–Trinajstić information content (AvgIpc) is 2.76. The van der Waals surface area contributed by atoms with Gasteiger partial charge in [0.25, 0.3) is 11.8 Å². The maximum absolute atomic E-state index is 12.0. The van der Waals surface area contributed by atoms with Crippen LogP contribution in [-0.2, 0) is 14.3 Å². The first-order valence-electron chi connectivity index (χ1n) is 9.61. The molecule has 0 spiro atoms. The van der Waals surface area contributed by atoms with Crippen LogP contribution in [0.25, 0.3) is 0 Å². The summed E-state index contributed by atoms with van der Waals surface area (Å²) in [5.41, 5.74) is 6.03. The Kier molecular flexibility index (Phi) is 8.68. The van der Waals surface area contributed by atoms with Crippen LogP contribution in [0.5, 0.6) is 11.5 Å². The van der Waals surface area contributed by atoms with Crippen LogP contribution in [0.1, 0.15) is 36.2 Å². The first-order chi connectivity index (χ1) is 14.4. The van der Waals surface area contributed by atoms with Gasteiger partial charge in [0.05, 0.1) is 12.2 Å². The average molecular weight is 414 g/mol. The van der Waals surface area contributed by atoms with Crippen molar-refractivity contribution in [1.29, 1.82) is 0 Å². The van der Waals surface area contributed by atoms with Gasteiger partial charge in [-0.2, -0.15) is 0 Å². The van der Waals surface area contributed by atoms with E-state index in [-0.39, 0.29) is 6.61 Å². The van der Waals surface area contributed by atoms with Gasteiger partial charge in [-0.25, -0.2) is 4.79 Å². The third kappa shape index (κ3) is 7.46. The Hall–Kier alpha value is -3.55. The number of hydrogen-bond donors (Lipinski definition) is 2. The number of hydrazine groups is 1. The first kappa shape index (κ1) is 22.7. The van der Waals surface area contributed by atoms with Gasteiger partial charge in [0.1, 0.15) is 11.5 Å². The number of hydrogen-bond acceptors (Lipinski definition) is 6. The molecule has 30 heavy (non-hydrogen) atoms. The highest BCUT2D eigenvalue weighted by Crippen LogP contribution is 2.14. The van der Waals surface area contributed by atoms with Gasteiger partial charge in [-0.05, 0) is 56.7 Å². The zero-order chi connectivity index (χ0) is 21.9. The van der Waals surface area contributed by atoms with Crippen LogP contribution in [0.2, 0.25) is 0 Å². The lowest BCUT2D eigenvalue weighted by Gasteiger charge is -2.15. The minimum absolute atomic E-state index is 0.312. The number of ether oxygens (including phenoxy) is 3. The zero-order valence-electron chi connectivity index (χ0n) is 17.3. The van der Waals surface area contributed by atoms with E-state index in [9.17, 15) is 14.4 Å². The molecular weight excluding hydrogens is 388 g/mol. The fraction of sp³-hybridized carbons (Fsp3) is 0.318. The van der Waals surface area contributed by atoms with Crippen LogP contribution in [0.3, 0.4) is 0 Å². The molecule has 2 amide bonds. The normalized spacial score (nSPS) is 11.2. The number of carbonyl (C=O) groups is 3. The number of esters is 1. The number of rotatable bonds is 9. The van der Waals surface area contributed by atoms with E-state index in [1.54, 1.807) is 43.3 Å². The van der Waals surface area contributed by atoms with Crippen LogP contribution >= 0.6 is 0 Å². The molecule has 2 aromatic rings. The predicted molar refractivity (Wildman–Crippen MR) is 110 cm³/mol. The van der Waals surface area contributed by atoms with Gasteiger partial charge >= 0.3 is 5.97 Å². The Labute approximate surface area is 175 Å². The number of aryl methyl sites for hydroxylation is 1. The topological polar surface area (TPSA) is 103 Å². The molecule has 1 atom stereocenters. The van der Waals surface area contributed by atoms with Crippen LogP contribution in [0.15, 0.2) is 48.5 Å². The lowest BCUT2D eigenvalue weighted by atomic mass is 10.2. The van der Waals surface area contributed by atoms with Crippen molar-refractivity contribution in [3.8, 4) is 11.5 Å². The smallest absolute Gasteiger partial charge is 0.338 e. The van der Waals surface area contributed by atoms with Crippen molar-refractivity contribution in [2.24, 2.45) is 0 Å². The lowest BCUT2D eigenvalue weighted by molar-refractivity contribution is -0.133. The molecule has 8 nitrogen and oxygen atoms in total. The minimum Gasteiger partial charge on any atom is -0.484 e. The summed E-state index contributed by atoms with van der Waals surface area (Å²) in [5.74, 6) is -0.499. The maximum atomic E-state index is 12.0. The minimum atomic E-state index is -0.797. The van der Waals surface area contributed by atoms with Crippen LogP contribution in [0, 0.1) is 6.92 Å². The summed E-state index contributed by atoms with van der Waals surface area (Å²) in [4.78, 5) is 35.6. The highest BCUT2D eigenvalue weighted by molar-refractivity contribution is 5.89. The molecule has 0 aliphatic carbocycles. The zero-order valence-corrected chi connectivity index (χ0v) is 17.3. The first-order valence-corrected chi connectivity index (χ1v) is 9.61. The molecule has 8 heteroatoms. The van der Waals surface area contributed by atoms with Crippen molar-refractivity contribution in [3.63, 3.8) is 0 Å². The number of amides is 2. The predicted octanol–water partition coefficient (Wildman–Crippen LogP) is 2.56. The van der Waals surface area contributed by atoms with Gasteiger partial charge in [0, 0.05) is 0 Å². The number of benzene rings is 2. The van der Waals surface area contributed by atoms with E-state index in [4.69, 9.17) is 14.2 Å². The Morgan fingerprint density at radius 1 is 0.933 bits per heavy atom. The molecule has 0 bridgehead atoms. The Bertz CT molecular complexity index is 849. The summed E-state index contributed by atoms with van der Waals surface area (Å²) in [6.45, 7) is 5.48. The summed E-state index contributed by atoms with van der Waals surface area (Å²) in [5, 5.41) is 0. The SMILES string of the molecule is CCCOC(=O)c1ccc(OCC(=O)NNC(=O)C(C)Oc2ccc(C)cc2)cc1. The third-order valence-corrected chi connectivity index (χ3v) is 3.93. The molecule has 0 saturated carbocycles. The molecule has 0 aromatic heterocycles. The summed E-state index contributed by atoms with van der Waals surface area (Å²) in [6.07, 6.45) is -0.0518. The van der Waals surface area contributed by atoms with Gasteiger partial charge in [0.15, 0.2) is 12.7 Å². The maximum Gasteiger partial charge on any atom is 0.338 e. The molecular formula is C22H26N2O6. The van der Waals surface area contributed by atoms with Crippen molar-refractivity contribution < 1.29 is 28.6 Å². The highest BCUT2D eigenvalue weighted by Gasteiger charge is 2.15. The van der Waals surface area contributed by atoms with Crippen molar-refractivity contribution in [3.05, 3.63) is 59.7 Å². The van der Waals surface area contributed by atoms with Crippen LogP contribution < -0.4 is 20.3 Å². The van der Waals surface area contributed by atoms with E-state index in [0.29, 0.717) is 23.7 Å². The molecule has 160 valence electrons. The van der Waals surface area contributed by atoms with E-state index < -0.39 is 23.9 Å². The summed E-state index contributed by atoms with van der Waals surface area (Å²) < 4.78 is 15.9. The van der Waals surface area contributed by atoms with Gasteiger partial charge in [-0.1, -0.05) is 24.6 Å². The summed E-state index contributed by atoms with van der Waals surface area (Å²) in [6, 6.07) is 13.5. The second kappa shape index (κ2) is 11.5. The van der Waals surface area contributed by atoms with Gasteiger partial charge < -0.3 is 14.2 Å². The Morgan fingerprint density at radius 3 is 2.20 bits per heavy atom. The fourth-order valence-electron chi connectivity index (χ4n) is 2.26. The lowest BCUT2D eigenvalue weighted by Crippen LogP contribution is -2.48. The Morgan fingerprint density at radius 2 is 1.57 bits per heavy atom. The molecule has 2 aromatic carbocycles. The van der Waals surface area contributed by atoms with E-state index in [1.807, 2.05) is 26.0 Å².